The second kappa shape index (κ2) is 8.98. The molecule has 1 saturated carbocycles. The Hall–Kier alpha value is -1.15. The highest BCUT2D eigenvalue weighted by molar-refractivity contribution is 5.85. The van der Waals surface area contributed by atoms with E-state index in [2.05, 4.69) is 24.8 Å². The van der Waals surface area contributed by atoms with Crippen LogP contribution < -0.4 is 5.73 Å². The lowest BCUT2D eigenvalue weighted by molar-refractivity contribution is 0.212. The van der Waals surface area contributed by atoms with Crippen LogP contribution in [-0.2, 0) is 6.54 Å². The van der Waals surface area contributed by atoms with Crippen LogP contribution in [0.3, 0.4) is 0 Å². The second-order valence-electron chi connectivity index (χ2n) is 6.68. The summed E-state index contributed by atoms with van der Waals surface area (Å²) in [5, 5.41) is 13.4. The first-order valence-electron chi connectivity index (χ1n) is 8.68. The molecule has 0 aromatic carbocycles. The summed E-state index contributed by atoms with van der Waals surface area (Å²) in [4.78, 5) is 2.46. The predicted molar refractivity (Wildman–Crippen MR) is 102 cm³/mol. The maximum atomic E-state index is 5.67. The van der Waals surface area contributed by atoms with Crippen LogP contribution in [0.25, 0.3) is 0 Å². The lowest BCUT2D eigenvalue weighted by Crippen LogP contribution is -2.37. The van der Waals surface area contributed by atoms with Gasteiger partial charge in [0.25, 0.3) is 0 Å². The third kappa shape index (κ3) is 4.53. The van der Waals surface area contributed by atoms with Gasteiger partial charge in [-0.25, -0.2) is 0 Å². The van der Waals surface area contributed by atoms with Crippen molar-refractivity contribution in [2.24, 2.45) is 5.73 Å². The van der Waals surface area contributed by atoms with Crippen LogP contribution in [0.2, 0.25) is 0 Å². The minimum absolute atomic E-state index is 0. The fourth-order valence-electron chi connectivity index (χ4n) is 3.59. The number of nitrogens with zero attached hydrogens (tertiary/aromatic N) is 6. The highest BCUT2D eigenvalue weighted by Crippen LogP contribution is 2.39. The number of halogens is 2. The summed E-state index contributed by atoms with van der Waals surface area (Å²) in [6.45, 7) is 4.70. The van der Waals surface area contributed by atoms with Crippen LogP contribution in [0, 0.1) is 0 Å². The lowest BCUT2D eigenvalue weighted by Gasteiger charge is -2.31. The number of hydrogen-bond acceptors (Lipinski definition) is 5. The summed E-state index contributed by atoms with van der Waals surface area (Å²) >= 11 is 0. The maximum Gasteiger partial charge on any atom is 0.155 e. The molecule has 2 N–H and O–H groups in total. The van der Waals surface area contributed by atoms with Crippen molar-refractivity contribution in [1.82, 2.24) is 29.4 Å². The predicted octanol–water partition coefficient (Wildman–Crippen LogP) is 1.84. The fourth-order valence-corrected chi connectivity index (χ4v) is 3.59. The molecule has 1 aliphatic carbocycles. The number of hydrogen-bond donors (Lipinski definition) is 1. The lowest BCUT2D eigenvalue weighted by atomic mass is 9.96. The van der Waals surface area contributed by atoms with Gasteiger partial charge in [0.15, 0.2) is 5.82 Å². The highest BCUT2D eigenvalue weighted by atomic mass is 35.5. The molecule has 0 spiro atoms. The van der Waals surface area contributed by atoms with E-state index < -0.39 is 0 Å². The van der Waals surface area contributed by atoms with Gasteiger partial charge in [-0.3, -0.25) is 4.68 Å². The van der Waals surface area contributed by atoms with E-state index in [1.54, 1.807) is 0 Å². The molecule has 2 fully saturated rings. The smallest absolute Gasteiger partial charge is 0.155 e. The molecule has 1 aliphatic heterocycles. The Balaban J connectivity index is 0.00000113. The molecule has 25 heavy (non-hydrogen) atoms. The average Bonchev–Trinajstić information content (AvgIpc) is 3.11. The van der Waals surface area contributed by atoms with Gasteiger partial charge in [-0.05, 0) is 44.8 Å². The molecule has 0 atom stereocenters. The van der Waals surface area contributed by atoms with Crippen molar-refractivity contribution < 1.29 is 0 Å². The van der Waals surface area contributed by atoms with Crippen molar-refractivity contribution in [1.29, 1.82) is 0 Å². The minimum atomic E-state index is 0. The van der Waals surface area contributed by atoms with Crippen molar-refractivity contribution in [3.05, 3.63) is 30.1 Å². The number of piperidine rings is 1. The van der Waals surface area contributed by atoms with Gasteiger partial charge in [0.2, 0.25) is 0 Å². The van der Waals surface area contributed by atoms with E-state index in [0.29, 0.717) is 18.5 Å². The molecule has 0 radical (unpaired) electrons. The van der Waals surface area contributed by atoms with Crippen LogP contribution in [0.4, 0.5) is 0 Å². The molecule has 2 aromatic rings. The van der Waals surface area contributed by atoms with Crippen LogP contribution in [0.1, 0.15) is 49.3 Å². The first kappa shape index (κ1) is 20.2. The molecule has 9 heteroatoms. The van der Waals surface area contributed by atoms with E-state index in [9.17, 15) is 0 Å². The Morgan fingerprint density at radius 3 is 2.44 bits per heavy atom. The summed E-state index contributed by atoms with van der Waals surface area (Å²) in [5.41, 5.74) is 5.67. The molecule has 2 aliphatic rings. The van der Waals surface area contributed by atoms with Crippen LogP contribution in [0.5, 0.6) is 0 Å². The first-order chi connectivity index (χ1) is 11.3. The zero-order valence-electron chi connectivity index (χ0n) is 14.3. The zero-order chi connectivity index (χ0) is 15.6. The van der Waals surface area contributed by atoms with Gasteiger partial charge in [0.1, 0.15) is 12.4 Å². The number of likely N-dealkylation sites (tertiary alicyclic amines) is 1. The van der Waals surface area contributed by atoms with Crippen molar-refractivity contribution in [2.75, 3.05) is 26.2 Å². The average molecular weight is 388 g/mol. The largest absolute Gasteiger partial charge is 0.329 e. The second-order valence-corrected chi connectivity index (χ2v) is 6.68. The van der Waals surface area contributed by atoms with Crippen molar-refractivity contribution in [3.63, 3.8) is 0 Å². The number of rotatable bonds is 6. The Labute approximate surface area is 160 Å². The molecule has 140 valence electrons. The van der Waals surface area contributed by atoms with Gasteiger partial charge in [-0.2, -0.15) is 5.10 Å². The quantitative estimate of drug-likeness (QED) is 0.817. The van der Waals surface area contributed by atoms with Crippen LogP contribution in [0.15, 0.2) is 18.5 Å². The molecule has 0 bridgehead atoms. The first-order valence-corrected chi connectivity index (χ1v) is 8.68. The van der Waals surface area contributed by atoms with E-state index in [4.69, 9.17) is 5.73 Å². The molecular formula is C16H27Cl2N7. The summed E-state index contributed by atoms with van der Waals surface area (Å²) in [6.07, 6.45) is 8.62. The SMILES string of the molecule is Cl.Cl.NCCN1CCC(c2nnc(Cn3cccn3)n2C2CC2)CC1. The Bertz CT molecular complexity index is 631. The number of aromatic nitrogens is 5. The normalized spacial score (nSPS) is 18.6. The zero-order valence-corrected chi connectivity index (χ0v) is 16.0. The van der Waals surface area contributed by atoms with Gasteiger partial charge in [0.05, 0.1) is 0 Å². The Morgan fingerprint density at radius 2 is 1.84 bits per heavy atom. The molecule has 2 aromatic heterocycles. The van der Waals surface area contributed by atoms with Crippen molar-refractivity contribution >= 4 is 24.8 Å². The van der Waals surface area contributed by atoms with Crippen LogP contribution >= 0.6 is 24.8 Å². The highest BCUT2D eigenvalue weighted by Gasteiger charge is 2.33. The molecule has 4 rings (SSSR count). The molecule has 1 saturated heterocycles. The molecule has 7 nitrogen and oxygen atoms in total. The van der Waals surface area contributed by atoms with E-state index >= 15 is 0 Å². The summed E-state index contributed by atoms with van der Waals surface area (Å²) in [5.74, 6) is 2.78. The standard InChI is InChI=1S/C16H25N7.2ClH/c17-6-11-21-9-4-13(5-10-21)16-20-19-15(23(16)14-2-3-14)12-22-8-1-7-18-22;;/h1,7-8,13-14H,2-6,9-12,17H2;2*1H. The Kier molecular flexibility index (Phi) is 7.25. The summed E-state index contributed by atoms with van der Waals surface area (Å²) < 4.78 is 4.33. The van der Waals surface area contributed by atoms with E-state index in [0.717, 1.165) is 44.8 Å². The summed E-state index contributed by atoms with van der Waals surface area (Å²) in [7, 11) is 0. The monoisotopic (exact) mass is 387 g/mol. The van der Waals surface area contributed by atoms with Gasteiger partial charge in [-0.1, -0.05) is 0 Å². The van der Waals surface area contributed by atoms with Gasteiger partial charge in [-0.15, -0.1) is 35.0 Å². The maximum absolute atomic E-state index is 5.67. The van der Waals surface area contributed by atoms with Gasteiger partial charge >= 0.3 is 0 Å². The topological polar surface area (TPSA) is 77.8 Å². The molecular weight excluding hydrogens is 361 g/mol. The van der Waals surface area contributed by atoms with E-state index in [1.165, 1.54) is 18.7 Å². The third-order valence-corrected chi connectivity index (χ3v) is 4.97. The van der Waals surface area contributed by atoms with Gasteiger partial charge < -0.3 is 15.2 Å². The van der Waals surface area contributed by atoms with E-state index in [-0.39, 0.29) is 24.8 Å². The Morgan fingerprint density at radius 1 is 1.08 bits per heavy atom. The van der Waals surface area contributed by atoms with Crippen molar-refractivity contribution in [3.8, 4) is 0 Å². The molecule has 0 unspecified atom stereocenters. The van der Waals surface area contributed by atoms with Crippen molar-refractivity contribution in [2.45, 2.75) is 44.2 Å². The fraction of sp³-hybridized carbons (Fsp3) is 0.688. The van der Waals surface area contributed by atoms with E-state index in [1.807, 2.05) is 23.1 Å². The third-order valence-electron chi connectivity index (χ3n) is 4.97. The molecule has 3 heterocycles. The number of nitrogens with two attached hydrogens (primary N) is 1. The summed E-state index contributed by atoms with van der Waals surface area (Å²) in [6, 6.07) is 2.55. The molecule has 0 amide bonds. The minimum Gasteiger partial charge on any atom is -0.329 e. The van der Waals surface area contributed by atoms with Gasteiger partial charge in [0, 0.05) is 37.4 Å². The van der Waals surface area contributed by atoms with Crippen LogP contribution in [-0.4, -0.2) is 55.6 Å².